The van der Waals surface area contributed by atoms with E-state index in [-0.39, 0.29) is 24.2 Å². The standard InChI is InChI=1S/C10H19NO2.ClH/c1-7-3-10(6-11,4-8(7)2)5-9(12)13;/h7-8H,3-6,11H2,1-2H3,(H,12,13);1H/t7-,8-;/m1./s1. The topological polar surface area (TPSA) is 63.3 Å². The molecule has 0 bridgehead atoms. The summed E-state index contributed by atoms with van der Waals surface area (Å²) < 4.78 is 0. The van der Waals surface area contributed by atoms with Crippen molar-refractivity contribution < 1.29 is 9.90 Å². The molecule has 3 N–H and O–H groups in total. The number of nitrogens with two attached hydrogens (primary N) is 1. The van der Waals surface area contributed by atoms with E-state index in [4.69, 9.17) is 10.8 Å². The van der Waals surface area contributed by atoms with Gasteiger partial charge in [0.25, 0.3) is 0 Å². The van der Waals surface area contributed by atoms with Gasteiger partial charge in [0.2, 0.25) is 0 Å². The van der Waals surface area contributed by atoms with E-state index in [0.29, 0.717) is 18.4 Å². The minimum Gasteiger partial charge on any atom is -0.481 e. The monoisotopic (exact) mass is 221 g/mol. The molecular weight excluding hydrogens is 202 g/mol. The average molecular weight is 222 g/mol. The summed E-state index contributed by atoms with van der Waals surface area (Å²) in [6, 6.07) is 0. The largest absolute Gasteiger partial charge is 0.481 e. The maximum absolute atomic E-state index is 10.7. The lowest BCUT2D eigenvalue weighted by Gasteiger charge is -2.25. The molecule has 1 rings (SSSR count). The highest BCUT2D eigenvalue weighted by molar-refractivity contribution is 5.85. The highest BCUT2D eigenvalue weighted by atomic mass is 35.5. The van der Waals surface area contributed by atoms with Crippen LogP contribution < -0.4 is 5.73 Å². The normalized spacial score (nSPS) is 29.6. The van der Waals surface area contributed by atoms with Gasteiger partial charge in [-0.05, 0) is 36.6 Å². The first-order chi connectivity index (χ1) is 5.99. The van der Waals surface area contributed by atoms with Gasteiger partial charge in [0.15, 0.2) is 0 Å². The molecule has 1 saturated carbocycles. The number of carboxylic acids is 1. The molecule has 4 heteroatoms. The Morgan fingerprint density at radius 3 is 2.14 bits per heavy atom. The number of halogens is 1. The highest BCUT2D eigenvalue weighted by Crippen LogP contribution is 2.46. The second-order valence-electron chi connectivity index (χ2n) is 4.64. The lowest BCUT2D eigenvalue weighted by atomic mass is 9.82. The van der Waals surface area contributed by atoms with Crippen molar-refractivity contribution in [2.75, 3.05) is 6.54 Å². The van der Waals surface area contributed by atoms with E-state index >= 15 is 0 Å². The Morgan fingerprint density at radius 2 is 1.86 bits per heavy atom. The van der Waals surface area contributed by atoms with Crippen molar-refractivity contribution in [2.24, 2.45) is 23.0 Å². The maximum atomic E-state index is 10.7. The Kier molecular flexibility index (Phi) is 4.89. The fraction of sp³-hybridized carbons (Fsp3) is 0.900. The van der Waals surface area contributed by atoms with Crippen molar-refractivity contribution in [3.05, 3.63) is 0 Å². The third-order valence-electron chi connectivity index (χ3n) is 3.44. The predicted octanol–water partition coefficient (Wildman–Crippen LogP) is 1.89. The van der Waals surface area contributed by atoms with Crippen LogP contribution in [0.2, 0.25) is 0 Å². The molecule has 84 valence electrons. The van der Waals surface area contributed by atoms with Gasteiger partial charge in [-0.1, -0.05) is 13.8 Å². The lowest BCUT2D eigenvalue weighted by molar-refractivity contribution is -0.139. The van der Waals surface area contributed by atoms with Gasteiger partial charge < -0.3 is 10.8 Å². The molecule has 0 unspecified atom stereocenters. The summed E-state index contributed by atoms with van der Waals surface area (Å²) in [6.45, 7) is 4.88. The van der Waals surface area contributed by atoms with Crippen LogP contribution in [0.25, 0.3) is 0 Å². The molecule has 2 atom stereocenters. The average Bonchev–Trinajstić information content (AvgIpc) is 2.27. The van der Waals surface area contributed by atoms with Crippen LogP contribution in [0.5, 0.6) is 0 Å². The van der Waals surface area contributed by atoms with Gasteiger partial charge in [0.05, 0.1) is 6.42 Å². The SMILES string of the molecule is C[C@@H]1CC(CN)(CC(=O)O)C[C@H]1C.Cl. The zero-order chi connectivity index (χ0) is 10.1. The molecule has 1 fully saturated rings. The van der Waals surface area contributed by atoms with Crippen molar-refractivity contribution in [3.63, 3.8) is 0 Å². The summed E-state index contributed by atoms with van der Waals surface area (Å²) >= 11 is 0. The van der Waals surface area contributed by atoms with Gasteiger partial charge in [-0.25, -0.2) is 0 Å². The number of carboxylic acid groups (broad SMARTS) is 1. The number of rotatable bonds is 3. The molecule has 0 saturated heterocycles. The van der Waals surface area contributed by atoms with Crippen LogP contribution in [0, 0.1) is 17.3 Å². The van der Waals surface area contributed by atoms with Crippen molar-refractivity contribution in [1.82, 2.24) is 0 Å². The van der Waals surface area contributed by atoms with Crippen LogP contribution in [0.4, 0.5) is 0 Å². The third-order valence-corrected chi connectivity index (χ3v) is 3.44. The van der Waals surface area contributed by atoms with E-state index in [1.807, 2.05) is 0 Å². The molecule has 0 aromatic heterocycles. The second-order valence-corrected chi connectivity index (χ2v) is 4.64. The van der Waals surface area contributed by atoms with E-state index in [9.17, 15) is 4.79 Å². The zero-order valence-electron chi connectivity index (χ0n) is 8.82. The molecule has 0 aliphatic heterocycles. The first-order valence-corrected chi connectivity index (χ1v) is 4.91. The van der Waals surface area contributed by atoms with E-state index in [0.717, 1.165) is 12.8 Å². The summed E-state index contributed by atoms with van der Waals surface area (Å²) in [5, 5.41) is 8.79. The molecule has 14 heavy (non-hydrogen) atoms. The Balaban J connectivity index is 0.00000169. The van der Waals surface area contributed by atoms with Gasteiger partial charge in [-0.15, -0.1) is 12.4 Å². The molecule has 1 aliphatic rings. The maximum Gasteiger partial charge on any atom is 0.303 e. The summed E-state index contributed by atoms with van der Waals surface area (Å²) in [6.07, 6.45) is 2.17. The Labute approximate surface area is 91.5 Å². The fourth-order valence-electron chi connectivity index (χ4n) is 2.56. The van der Waals surface area contributed by atoms with Gasteiger partial charge in [-0.3, -0.25) is 4.79 Å². The molecule has 0 heterocycles. The first kappa shape index (κ1) is 13.7. The first-order valence-electron chi connectivity index (χ1n) is 4.91. The second kappa shape index (κ2) is 4.99. The van der Waals surface area contributed by atoms with Gasteiger partial charge in [0.1, 0.15) is 0 Å². The van der Waals surface area contributed by atoms with Crippen LogP contribution in [0.15, 0.2) is 0 Å². The third kappa shape index (κ3) is 2.85. The zero-order valence-corrected chi connectivity index (χ0v) is 9.64. The van der Waals surface area contributed by atoms with Crippen LogP contribution in [0.1, 0.15) is 33.1 Å². The molecular formula is C10H20ClNO2. The summed E-state index contributed by atoms with van der Waals surface area (Å²) in [7, 11) is 0. The van der Waals surface area contributed by atoms with Crippen molar-refractivity contribution in [2.45, 2.75) is 33.1 Å². The molecule has 0 aromatic carbocycles. The van der Waals surface area contributed by atoms with Gasteiger partial charge >= 0.3 is 5.97 Å². The molecule has 0 radical (unpaired) electrons. The number of hydrogen-bond acceptors (Lipinski definition) is 2. The fourth-order valence-corrected chi connectivity index (χ4v) is 2.56. The molecule has 0 amide bonds. The molecule has 0 spiro atoms. The van der Waals surface area contributed by atoms with E-state index in [1.54, 1.807) is 0 Å². The number of hydrogen-bond donors (Lipinski definition) is 2. The van der Waals surface area contributed by atoms with E-state index in [2.05, 4.69) is 13.8 Å². The summed E-state index contributed by atoms with van der Waals surface area (Å²) in [4.78, 5) is 10.7. The molecule has 1 aliphatic carbocycles. The summed E-state index contributed by atoms with van der Waals surface area (Å²) in [5.41, 5.74) is 5.56. The van der Waals surface area contributed by atoms with Gasteiger partial charge in [0, 0.05) is 0 Å². The van der Waals surface area contributed by atoms with Gasteiger partial charge in [-0.2, -0.15) is 0 Å². The van der Waals surface area contributed by atoms with E-state index < -0.39 is 5.97 Å². The highest BCUT2D eigenvalue weighted by Gasteiger charge is 2.41. The smallest absolute Gasteiger partial charge is 0.303 e. The number of aliphatic carboxylic acids is 1. The summed E-state index contributed by atoms with van der Waals surface area (Å²) in [5.74, 6) is 0.512. The van der Waals surface area contributed by atoms with Crippen molar-refractivity contribution >= 4 is 18.4 Å². The molecule has 0 aromatic rings. The molecule has 3 nitrogen and oxygen atoms in total. The lowest BCUT2D eigenvalue weighted by Crippen LogP contribution is -2.30. The van der Waals surface area contributed by atoms with Crippen LogP contribution in [-0.2, 0) is 4.79 Å². The minimum absolute atomic E-state index is 0. The Hall–Kier alpha value is -0.280. The van der Waals surface area contributed by atoms with Crippen molar-refractivity contribution in [3.8, 4) is 0 Å². The predicted molar refractivity (Wildman–Crippen MR) is 58.6 cm³/mol. The van der Waals surface area contributed by atoms with Crippen LogP contribution in [-0.4, -0.2) is 17.6 Å². The minimum atomic E-state index is -0.716. The van der Waals surface area contributed by atoms with Crippen molar-refractivity contribution in [1.29, 1.82) is 0 Å². The van der Waals surface area contributed by atoms with E-state index in [1.165, 1.54) is 0 Å². The van der Waals surface area contributed by atoms with Crippen LogP contribution >= 0.6 is 12.4 Å². The number of carbonyl (C=O) groups is 1. The Morgan fingerprint density at radius 1 is 1.43 bits per heavy atom. The Bertz CT molecular complexity index is 198. The quantitative estimate of drug-likeness (QED) is 0.765. The van der Waals surface area contributed by atoms with Crippen LogP contribution in [0.3, 0.4) is 0 Å².